The molecule has 0 amide bonds. The van der Waals surface area contributed by atoms with Gasteiger partial charge in [0.25, 0.3) is 5.56 Å². The molecule has 1 saturated carbocycles. The van der Waals surface area contributed by atoms with E-state index in [0.29, 0.717) is 17.1 Å². The van der Waals surface area contributed by atoms with Gasteiger partial charge < -0.3 is 14.6 Å². The second-order valence-electron chi connectivity index (χ2n) is 5.99. The van der Waals surface area contributed by atoms with Gasteiger partial charge in [0, 0.05) is 23.7 Å². The van der Waals surface area contributed by atoms with Crippen molar-refractivity contribution in [2.75, 3.05) is 18.5 Å². The number of nitrogens with zero attached hydrogens (tertiary/aromatic N) is 1. The SMILES string of the molecule is CC(C)Nc1cccn(C2CC3(COC3)C2)c1=O. The van der Waals surface area contributed by atoms with E-state index in [0.717, 1.165) is 26.1 Å². The van der Waals surface area contributed by atoms with E-state index in [1.807, 2.05) is 36.7 Å². The van der Waals surface area contributed by atoms with Gasteiger partial charge in [0.05, 0.1) is 13.2 Å². The summed E-state index contributed by atoms with van der Waals surface area (Å²) in [6.45, 7) is 5.84. The van der Waals surface area contributed by atoms with Crippen LogP contribution in [0, 0.1) is 5.41 Å². The van der Waals surface area contributed by atoms with Crippen molar-refractivity contribution in [3.05, 3.63) is 28.7 Å². The quantitative estimate of drug-likeness (QED) is 0.890. The first-order chi connectivity index (χ1) is 8.60. The van der Waals surface area contributed by atoms with Crippen LogP contribution in [0.5, 0.6) is 0 Å². The van der Waals surface area contributed by atoms with Crippen molar-refractivity contribution in [3.63, 3.8) is 0 Å². The normalized spacial score (nSPS) is 21.7. The lowest BCUT2D eigenvalue weighted by atomic mass is 9.64. The molecule has 0 unspecified atom stereocenters. The van der Waals surface area contributed by atoms with Crippen molar-refractivity contribution in [3.8, 4) is 0 Å². The number of aromatic nitrogens is 1. The van der Waals surface area contributed by atoms with Gasteiger partial charge in [-0.1, -0.05) is 0 Å². The largest absolute Gasteiger partial charge is 0.380 e. The summed E-state index contributed by atoms with van der Waals surface area (Å²) in [5.74, 6) is 0. The van der Waals surface area contributed by atoms with Crippen molar-refractivity contribution < 1.29 is 4.74 Å². The Morgan fingerprint density at radius 1 is 1.44 bits per heavy atom. The Balaban J connectivity index is 1.78. The first-order valence-electron chi connectivity index (χ1n) is 6.65. The van der Waals surface area contributed by atoms with Crippen molar-refractivity contribution in [1.29, 1.82) is 0 Å². The highest BCUT2D eigenvalue weighted by Gasteiger charge is 2.50. The van der Waals surface area contributed by atoms with Crippen LogP contribution in [0.25, 0.3) is 0 Å². The molecule has 2 aliphatic rings. The molecule has 0 radical (unpaired) electrons. The van der Waals surface area contributed by atoms with Gasteiger partial charge in [-0.05, 0) is 38.8 Å². The maximum Gasteiger partial charge on any atom is 0.274 e. The highest BCUT2D eigenvalue weighted by molar-refractivity contribution is 5.41. The van der Waals surface area contributed by atoms with Crippen molar-refractivity contribution in [1.82, 2.24) is 4.57 Å². The number of ether oxygens (including phenoxy) is 1. The van der Waals surface area contributed by atoms with E-state index in [4.69, 9.17) is 4.74 Å². The van der Waals surface area contributed by atoms with Crippen LogP contribution in [-0.4, -0.2) is 23.8 Å². The Morgan fingerprint density at radius 3 is 2.72 bits per heavy atom. The van der Waals surface area contributed by atoms with E-state index >= 15 is 0 Å². The van der Waals surface area contributed by atoms with Gasteiger partial charge in [-0.2, -0.15) is 0 Å². The summed E-state index contributed by atoms with van der Waals surface area (Å²) >= 11 is 0. The molecule has 18 heavy (non-hydrogen) atoms. The third kappa shape index (κ3) is 1.85. The first kappa shape index (κ1) is 11.8. The number of hydrogen-bond donors (Lipinski definition) is 1. The van der Waals surface area contributed by atoms with E-state index in [9.17, 15) is 4.79 Å². The van der Waals surface area contributed by atoms with Crippen molar-refractivity contribution in [2.24, 2.45) is 5.41 Å². The molecule has 2 heterocycles. The zero-order chi connectivity index (χ0) is 12.8. The molecule has 0 aromatic carbocycles. The molecule has 1 aliphatic heterocycles. The Morgan fingerprint density at radius 2 is 2.17 bits per heavy atom. The Hall–Kier alpha value is -1.29. The average molecular weight is 248 g/mol. The number of hydrogen-bond acceptors (Lipinski definition) is 3. The molecule has 4 heteroatoms. The molecule has 2 fully saturated rings. The summed E-state index contributed by atoms with van der Waals surface area (Å²) in [5.41, 5.74) is 1.20. The smallest absolute Gasteiger partial charge is 0.274 e. The molecule has 0 atom stereocenters. The van der Waals surface area contributed by atoms with E-state index in [-0.39, 0.29) is 11.6 Å². The zero-order valence-electron chi connectivity index (χ0n) is 11.0. The van der Waals surface area contributed by atoms with Gasteiger partial charge in [0.15, 0.2) is 0 Å². The molecule has 1 aliphatic carbocycles. The first-order valence-corrected chi connectivity index (χ1v) is 6.65. The average Bonchev–Trinajstić information content (AvgIpc) is 2.18. The van der Waals surface area contributed by atoms with E-state index in [1.54, 1.807) is 0 Å². The van der Waals surface area contributed by atoms with Crippen molar-refractivity contribution in [2.45, 2.75) is 38.8 Å². The van der Waals surface area contributed by atoms with Gasteiger partial charge in [-0.25, -0.2) is 0 Å². The van der Waals surface area contributed by atoms with Gasteiger partial charge >= 0.3 is 0 Å². The highest BCUT2D eigenvalue weighted by Crippen LogP contribution is 2.52. The summed E-state index contributed by atoms with van der Waals surface area (Å²) < 4.78 is 7.15. The number of rotatable bonds is 3. The lowest BCUT2D eigenvalue weighted by Gasteiger charge is -2.53. The third-order valence-corrected chi connectivity index (χ3v) is 3.97. The molecule has 0 bridgehead atoms. The molecule has 4 nitrogen and oxygen atoms in total. The fraction of sp³-hybridized carbons (Fsp3) is 0.643. The fourth-order valence-electron chi connectivity index (χ4n) is 2.98. The summed E-state index contributed by atoms with van der Waals surface area (Å²) in [6.07, 6.45) is 4.07. The molecule has 3 rings (SSSR count). The minimum absolute atomic E-state index is 0.103. The molecule has 1 N–H and O–H groups in total. The lowest BCUT2D eigenvalue weighted by molar-refractivity contribution is -0.174. The van der Waals surface area contributed by atoms with Crippen LogP contribution >= 0.6 is 0 Å². The van der Waals surface area contributed by atoms with Crippen LogP contribution in [0.15, 0.2) is 23.1 Å². The van der Waals surface area contributed by atoms with E-state index in [2.05, 4.69) is 5.32 Å². The monoisotopic (exact) mass is 248 g/mol. The minimum Gasteiger partial charge on any atom is -0.380 e. The standard InChI is InChI=1S/C14H20N2O2/c1-10(2)15-12-4-3-5-16(13(12)17)11-6-14(7-11)8-18-9-14/h3-5,10-11,15H,6-9H2,1-2H3. The minimum atomic E-state index is 0.103. The molecule has 1 saturated heterocycles. The summed E-state index contributed by atoms with van der Waals surface area (Å²) in [4.78, 5) is 12.3. The third-order valence-electron chi connectivity index (χ3n) is 3.97. The maximum atomic E-state index is 12.3. The maximum absolute atomic E-state index is 12.3. The lowest BCUT2D eigenvalue weighted by Crippen LogP contribution is -2.53. The van der Waals surface area contributed by atoms with E-state index in [1.165, 1.54) is 0 Å². The van der Waals surface area contributed by atoms with Crippen molar-refractivity contribution >= 4 is 5.69 Å². The van der Waals surface area contributed by atoms with Crippen LogP contribution in [0.2, 0.25) is 0 Å². The molecule has 98 valence electrons. The van der Waals surface area contributed by atoms with Crippen LogP contribution in [0.1, 0.15) is 32.7 Å². The van der Waals surface area contributed by atoms with Crippen LogP contribution in [0.4, 0.5) is 5.69 Å². The van der Waals surface area contributed by atoms with Gasteiger partial charge in [-0.3, -0.25) is 4.79 Å². The van der Waals surface area contributed by atoms with Crippen LogP contribution in [-0.2, 0) is 4.74 Å². The Kier molecular flexibility index (Phi) is 2.70. The number of pyridine rings is 1. The van der Waals surface area contributed by atoms with Gasteiger partial charge in [0.1, 0.15) is 5.69 Å². The number of anilines is 1. The predicted octanol–water partition coefficient (Wildman–Crippen LogP) is 2.02. The summed E-state index contributed by atoms with van der Waals surface area (Å²) in [6, 6.07) is 4.45. The molecular formula is C14H20N2O2. The molecule has 1 spiro atoms. The topological polar surface area (TPSA) is 43.3 Å². The Bertz CT molecular complexity index is 495. The molecule has 1 aromatic heterocycles. The summed E-state index contributed by atoms with van der Waals surface area (Å²) in [7, 11) is 0. The van der Waals surface area contributed by atoms with E-state index < -0.39 is 0 Å². The second kappa shape index (κ2) is 4.12. The second-order valence-corrected chi connectivity index (χ2v) is 5.99. The van der Waals surface area contributed by atoms with Gasteiger partial charge in [0.2, 0.25) is 0 Å². The highest BCUT2D eigenvalue weighted by atomic mass is 16.5. The Labute approximate surface area is 107 Å². The van der Waals surface area contributed by atoms with Crippen LogP contribution in [0.3, 0.4) is 0 Å². The molecular weight excluding hydrogens is 228 g/mol. The predicted molar refractivity (Wildman–Crippen MR) is 71.0 cm³/mol. The van der Waals surface area contributed by atoms with Gasteiger partial charge in [-0.15, -0.1) is 0 Å². The van der Waals surface area contributed by atoms with Crippen LogP contribution < -0.4 is 10.9 Å². The number of nitrogens with one attached hydrogen (secondary N) is 1. The summed E-state index contributed by atoms with van der Waals surface area (Å²) in [5, 5.41) is 3.21. The molecule has 1 aromatic rings. The zero-order valence-corrected chi connectivity index (χ0v) is 11.0. The fourth-order valence-corrected chi connectivity index (χ4v) is 2.98.